The first-order valence-electron chi connectivity index (χ1n) is 5.40. The maximum atomic E-state index is 5.86. The van der Waals surface area contributed by atoms with Crippen LogP contribution in [0.2, 0.25) is 5.15 Å². The minimum Gasteiger partial charge on any atom is -0.245 e. The molecule has 2 nitrogen and oxygen atoms in total. The van der Waals surface area contributed by atoms with Gasteiger partial charge in [-0.2, -0.15) is 0 Å². The van der Waals surface area contributed by atoms with Crippen LogP contribution in [-0.4, -0.2) is 9.97 Å². The zero-order valence-electron chi connectivity index (χ0n) is 9.34. The van der Waals surface area contributed by atoms with Gasteiger partial charge >= 0.3 is 0 Å². The lowest BCUT2D eigenvalue weighted by Gasteiger charge is -1.98. The third kappa shape index (κ3) is 2.66. The maximum Gasteiger partial charge on any atom is 0.151 e. The fourth-order valence-electron chi connectivity index (χ4n) is 1.59. The molecule has 0 unspecified atom stereocenters. The van der Waals surface area contributed by atoms with Crippen molar-refractivity contribution in [1.82, 2.24) is 9.97 Å². The lowest BCUT2D eigenvalue weighted by molar-refractivity contribution is 1.25. The number of rotatable bonds is 3. The van der Waals surface area contributed by atoms with E-state index in [-0.39, 0.29) is 0 Å². The van der Waals surface area contributed by atoms with Crippen molar-refractivity contribution in [2.75, 3.05) is 0 Å². The van der Waals surface area contributed by atoms with Gasteiger partial charge in [-0.3, -0.25) is 0 Å². The van der Waals surface area contributed by atoms with Gasteiger partial charge in [0.1, 0.15) is 5.15 Å². The molecule has 1 aromatic carbocycles. The molecule has 0 spiro atoms. The molecule has 0 aliphatic carbocycles. The molecule has 0 aliphatic rings. The van der Waals surface area contributed by atoms with E-state index in [1.807, 2.05) is 30.3 Å². The van der Waals surface area contributed by atoms with Gasteiger partial charge < -0.3 is 0 Å². The summed E-state index contributed by atoms with van der Waals surface area (Å²) < 4.78 is 2.32. The third-order valence-corrected chi connectivity index (χ3v) is 4.88. The first kappa shape index (κ1) is 12.0. The monoisotopic (exact) mass is 292 g/mol. The fourth-order valence-corrected chi connectivity index (χ4v) is 3.80. The lowest BCUT2D eigenvalue weighted by atomic mass is 10.3. The van der Waals surface area contributed by atoms with Gasteiger partial charge in [0.2, 0.25) is 0 Å². The topological polar surface area (TPSA) is 25.8 Å². The highest BCUT2D eigenvalue weighted by Crippen LogP contribution is 2.31. The molecule has 0 atom stereocenters. The van der Waals surface area contributed by atoms with E-state index in [4.69, 9.17) is 11.6 Å². The number of aromatic nitrogens is 2. The largest absolute Gasteiger partial charge is 0.245 e. The highest BCUT2D eigenvalue weighted by molar-refractivity contribution is 8.00. The summed E-state index contributed by atoms with van der Waals surface area (Å²) in [6.07, 6.45) is 1.73. The van der Waals surface area contributed by atoms with Crippen molar-refractivity contribution in [2.24, 2.45) is 0 Å². The summed E-state index contributed by atoms with van der Waals surface area (Å²) in [6.45, 7) is 0. The number of benzene rings is 1. The molecule has 90 valence electrons. The van der Waals surface area contributed by atoms with Crippen molar-refractivity contribution in [2.45, 2.75) is 10.1 Å². The Hall–Kier alpha value is -1.10. The van der Waals surface area contributed by atoms with E-state index in [2.05, 4.69) is 16.0 Å². The van der Waals surface area contributed by atoms with Gasteiger partial charge in [0.25, 0.3) is 0 Å². The van der Waals surface area contributed by atoms with E-state index in [0.717, 1.165) is 15.6 Å². The first-order valence-corrected chi connectivity index (χ1v) is 7.58. The van der Waals surface area contributed by atoms with Crippen LogP contribution >= 0.6 is 34.7 Å². The Morgan fingerprint density at radius 2 is 2.11 bits per heavy atom. The van der Waals surface area contributed by atoms with E-state index < -0.39 is 0 Å². The number of thioether (sulfide) groups is 1. The number of thiazole rings is 1. The highest BCUT2D eigenvalue weighted by Gasteiger charge is 2.04. The Morgan fingerprint density at radius 1 is 1.22 bits per heavy atom. The molecule has 0 amide bonds. The molecular formula is C13H9ClN2S2. The quantitative estimate of drug-likeness (QED) is 0.520. The van der Waals surface area contributed by atoms with E-state index in [1.54, 1.807) is 29.3 Å². The molecule has 0 radical (unpaired) electrons. The molecule has 3 rings (SSSR count). The second-order valence-corrected chi connectivity index (χ2v) is 6.36. The van der Waals surface area contributed by atoms with Crippen LogP contribution in [0.25, 0.3) is 10.2 Å². The predicted octanol–water partition coefficient (Wildman–Crippen LogP) is 4.64. The van der Waals surface area contributed by atoms with E-state index in [1.165, 1.54) is 10.3 Å². The normalized spacial score (nSPS) is 10.9. The van der Waals surface area contributed by atoms with Crippen LogP contribution in [0.15, 0.2) is 46.9 Å². The van der Waals surface area contributed by atoms with Crippen molar-refractivity contribution < 1.29 is 0 Å². The number of hydrogen-bond donors (Lipinski definition) is 0. The lowest BCUT2D eigenvalue weighted by Crippen LogP contribution is -1.82. The summed E-state index contributed by atoms with van der Waals surface area (Å²) >= 11 is 9.31. The van der Waals surface area contributed by atoms with Crippen molar-refractivity contribution in [3.05, 3.63) is 53.3 Å². The zero-order chi connectivity index (χ0) is 12.4. The minimum absolute atomic E-state index is 0.539. The molecule has 0 saturated carbocycles. The summed E-state index contributed by atoms with van der Waals surface area (Å²) in [5, 5.41) is 0.539. The average molecular weight is 293 g/mol. The molecule has 5 heteroatoms. The average Bonchev–Trinajstić information content (AvgIpc) is 2.79. The Balaban J connectivity index is 1.76. The van der Waals surface area contributed by atoms with Crippen LogP contribution < -0.4 is 0 Å². The van der Waals surface area contributed by atoms with Gasteiger partial charge in [-0.25, -0.2) is 9.97 Å². The smallest absolute Gasteiger partial charge is 0.151 e. The Labute approximate surface area is 118 Å². The molecule has 0 N–H and O–H groups in total. The first-order chi connectivity index (χ1) is 8.81. The highest BCUT2D eigenvalue weighted by atomic mass is 35.5. The molecule has 2 aromatic heterocycles. The number of pyridine rings is 1. The predicted molar refractivity (Wildman–Crippen MR) is 78.4 cm³/mol. The summed E-state index contributed by atoms with van der Waals surface area (Å²) in [5.74, 6) is 0.863. The second-order valence-electron chi connectivity index (χ2n) is 3.72. The van der Waals surface area contributed by atoms with Crippen molar-refractivity contribution in [1.29, 1.82) is 0 Å². The Bertz CT molecular complexity index is 648. The SMILES string of the molecule is Clc1cc(CSc2nc3ccccc3s2)ccn1. The van der Waals surface area contributed by atoms with Crippen molar-refractivity contribution in [3.63, 3.8) is 0 Å². The molecule has 3 aromatic rings. The molecule has 0 bridgehead atoms. The number of hydrogen-bond acceptors (Lipinski definition) is 4. The molecule has 2 heterocycles. The van der Waals surface area contributed by atoms with Crippen LogP contribution in [-0.2, 0) is 5.75 Å². The Kier molecular flexibility index (Phi) is 3.50. The molecule has 0 saturated heterocycles. The van der Waals surface area contributed by atoms with Crippen LogP contribution in [0.3, 0.4) is 0 Å². The summed E-state index contributed by atoms with van der Waals surface area (Å²) in [5.41, 5.74) is 2.23. The standard InChI is InChI=1S/C13H9ClN2S2/c14-12-7-9(5-6-15-12)8-17-13-16-10-3-1-2-4-11(10)18-13/h1-7H,8H2. The van der Waals surface area contributed by atoms with Crippen LogP contribution in [0.4, 0.5) is 0 Å². The van der Waals surface area contributed by atoms with Gasteiger partial charge in [-0.15, -0.1) is 11.3 Å². The number of fused-ring (bicyclic) bond motifs is 1. The minimum atomic E-state index is 0.539. The van der Waals surface area contributed by atoms with Gasteiger partial charge in [-0.1, -0.05) is 35.5 Å². The zero-order valence-corrected chi connectivity index (χ0v) is 11.7. The number of para-hydroxylation sites is 1. The molecule has 0 fully saturated rings. The summed E-state index contributed by atoms with van der Waals surface area (Å²) in [7, 11) is 0. The van der Waals surface area contributed by atoms with Gasteiger partial charge in [0.15, 0.2) is 4.34 Å². The fraction of sp³-hybridized carbons (Fsp3) is 0.0769. The number of nitrogens with zero attached hydrogens (tertiary/aromatic N) is 2. The van der Waals surface area contributed by atoms with Crippen LogP contribution in [0, 0.1) is 0 Å². The Morgan fingerprint density at radius 3 is 2.94 bits per heavy atom. The van der Waals surface area contributed by atoms with E-state index >= 15 is 0 Å². The number of halogens is 1. The van der Waals surface area contributed by atoms with Gasteiger partial charge in [-0.05, 0) is 29.8 Å². The van der Waals surface area contributed by atoms with Crippen molar-refractivity contribution in [3.8, 4) is 0 Å². The summed E-state index contributed by atoms with van der Waals surface area (Å²) in [6, 6.07) is 12.1. The third-order valence-electron chi connectivity index (χ3n) is 2.43. The van der Waals surface area contributed by atoms with Crippen LogP contribution in [0.1, 0.15) is 5.56 Å². The maximum absolute atomic E-state index is 5.86. The summed E-state index contributed by atoms with van der Waals surface area (Å²) in [4.78, 5) is 8.56. The van der Waals surface area contributed by atoms with Crippen LogP contribution in [0.5, 0.6) is 0 Å². The molecule has 0 aliphatic heterocycles. The van der Waals surface area contributed by atoms with Gasteiger partial charge in [0, 0.05) is 11.9 Å². The molecule has 18 heavy (non-hydrogen) atoms. The second kappa shape index (κ2) is 5.26. The van der Waals surface area contributed by atoms with E-state index in [9.17, 15) is 0 Å². The van der Waals surface area contributed by atoms with Crippen molar-refractivity contribution >= 4 is 44.9 Å². The van der Waals surface area contributed by atoms with Gasteiger partial charge in [0.05, 0.1) is 10.2 Å². The van der Waals surface area contributed by atoms with E-state index in [0.29, 0.717) is 5.15 Å². The molecular weight excluding hydrogens is 284 g/mol.